The number of hydrogen-bond acceptors (Lipinski definition) is 2. The number of thiophene rings is 1. The second-order valence-corrected chi connectivity index (χ2v) is 6.51. The van der Waals surface area contributed by atoms with Crippen LogP contribution >= 0.6 is 27.3 Å². The SMILES string of the molecule is FC(F)(F)c1ccc(NCCc2ccc(Br)s2)cc1. The van der Waals surface area contributed by atoms with Crippen molar-refractivity contribution in [2.75, 3.05) is 11.9 Å². The molecule has 0 aliphatic rings. The summed E-state index contributed by atoms with van der Waals surface area (Å²) in [6.07, 6.45) is -3.43. The van der Waals surface area contributed by atoms with E-state index in [1.54, 1.807) is 11.3 Å². The predicted molar refractivity (Wildman–Crippen MR) is 75.7 cm³/mol. The quantitative estimate of drug-likeness (QED) is 0.801. The van der Waals surface area contributed by atoms with Gasteiger partial charge in [-0.25, -0.2) is 0 Å². The fourth-order valence-corrected chi connectivity index (χ4v) is 3.08. The molecule has 0 fully saturated rings. The molecule has 0 aliphatic carbocycles. The van der Waals surface area contributed by atoms with Gasteiger partial charge in [0.15, 0.2) is 0 Å². The van der Waals surface area contributed by atoms with Crippen LogP contribution in [0.2, 0.25) is 0 Å². The van der Waals surface area contributed by atoms with E-state index in [-0.39, 0.29) is 0 Å². The smallest absolute Gasteiger partial charge is 0.385 e. The van der Waals surface area contributed by atoms with Gasteiger partial charge in [0.2, 0.25) is 0 Å². The zero-order valence-corrected chi connectivity index (χ0v) is 12.2. The minimum Gasteiger partial charge on any atom is -0.385 e. The van der Waals surface area contributed by atoms with Gasteiger partial charge in [-0.1, -0.05) is 0 Å². The van der Waals surface area contributed by atoms with Gasteiger partial charge in [0.1, 0.15) is 0 Å². The summed E-state index contributed by atoms with van der Waals surface area (Å²) in [5.74, 6) is 0. The number of benzene rings is 1. The van der Waals surface area contributed by atoms with Crippen molar-refractivity contribution in [3.63, 3.8) is 0 Å². The van der Waals surface area contributed by atoms with Crippen LogP contribution in [-0.4, -0.2) is 6.54 Å². The Kier molecular flexibility index (Phi) is 4.52. The molecular formula is C13H11BrF3NS. The Bertz CT molecular complexity index is 534. The Labute approximate surface area is 121 Å². The average Bonchev–Trinajstić information content (AvgIpc) is 2.75. The molecule has 1 N–H and O–H groups in total. The Morgan fingerprint density at radius 3 is 2.26 bits per heavy atom. The number of anilines is 1. The molecule has 1 nitrogen and oxygen atoms in total. The van der Waals surface area contributed by atoms with Crippen LogP contribution in [0.25, 0.3) is 0 Å². The van der Waals surface area contributed by atoms with Crippen molar-refractivity contribution in [3.05, 3.63) is 50.6 Å². The molecular weight excluding hydrogens is 339 g/mol. The molecule has 0 unspecified atom stereocenters. The van der Waals surface area contributed by atoms with Crippen LogP contribution in [-0.2, 0) is 12.6 Å². The lowest BCUT2D eigenvalue weighted by Crippen LogP contribution is -2.06. The Morgan fingerprint density at radius 1 is 1.05 bits per heavy atom. The van der Waals surface area contributed by atoms with Crippen LogP contribution in [0.4, 0.5) is 18.9 Å². The molecule has 0 bridgehead atoms. The normalized spacial score (nSPS) is 11.6. The molecule has 0 spiro atoms. The monoisotopic (exact) mass is 349 g/mol. The van der Waals surface area contributed by atoms with Crippen molar-refractivity contribution in [2.24, 2.45) is 0 Å². The van der Waals surface area contributed by atoms with E-state index in [4.69, 9.17) is 0 Å². The molecule has 1 aromatic carbocycles. The summed E-state index contributed by atoms with van der Waals surface area (Å²) in [5, 5.41) is 3.11. The highest BCUT2D eigenvalue weighted by molar-refractivity contribution is 9.11. The maximum absolute atomic E-state index is 12.4. The lowest BCUT2D eigenvalue weighted by atomic mass is 10.2. The van der Waals surface area contributed by atoms with E-state index in [9.17, 15) is 13.2 Å². The van der Waals surface area contributed by atoms with Crippen molar-refractivity contribution in [1.82, 2.24) is 0 Å². The van der Waals surface area contributed by atoms with Crippen LogP contribution in [0, 0.1) is 0 Å². The zero-order chi connectivity index (χ0) is 13.9. The van der Waals surface area contributed by atoms with Crippen LogP contribution in [0.1, 0.15) is 10.4 Å². The molecule has 2 aromatic rings. The summed E-state index contributed by atoms with van der Waals surface area (Å²) in [6, 6.07) is 9.09. The van der Waals surface area contributed by atoms with E-state index in [0.29, 0.717) is 12.2 Å². The number of nitrogens with one attached hydrogen (secondary N) is 1. The largest absolute Gasteiger partial charge is 0.416 e. The number of hydrogen-bond donors (Lipinski definition) is 1. The first-order valence-corrected chi connectivity index (χ1v) is 7.21. The molecule has 0 radical (unpaired) electrons. The second kappa shape index (κ2) is 5.96. The maximum Gasteiger partial charge on any atom is 0.416 e. The number of rotatable bonds is 4. The second-order valence-electron chi connectivity index (χ2n) is 3.96. The fourth-order valence-electron chi connectivity index (χ4n) is 1.59. The third-order valence-corrected chi connectivity index (χ3v) is 4.23. The molecule has 102 valence electrons. The molecule has 2 rings (SSSR count). The van der Waals surface area contributed by atoms with Gasteiger partial charge in [-0.15, -0.1) is 11.3 Å². The number of halogens is 4. The van der Waals surface area contributed by atoms with Crippen molar-refractivity contribution in [1.29, 1.82) is 0 Å². The Balaban J connectivity index is 1.86. The molecule has 0 saturated carbocycles. The van der Waals surface area contributed by atoms with Crippen LogP contribution in [0.15, 0.2) is 40.2 Å². The summed E-state index contributed by atoms with van der Waals surface area (Å²) in [6.45, 7) is 0.693. The summed E-state index contributed by atoms with van der Waals surface area (Å²) >= 11 is 5.04. The fraction of sp³-hybridized carbons (Fsp3) is 0.231. The molecule has 6 heteroatoms. The maximum atomic E-state index is 12.4. The first-order valence-electron chi connectivity index (χ1n) is 5.60. The lowest BCUT2D eigenvalue weighted by molar-refractivity contribution is -0.137. The van der Waals surface area contributed by atoms with Crippen molar-refractivity contribution >= 4 is 33.0 Å². The third kappa shape index (κ3) is 4.24. The Morgan fingerprint density at radius 2 is 1.74 bits per heavy atom. The first-order chi connectivity index (χ1) is 8.95. The van der Waals surface area contributed by atoms with Crippen molar-refractivity contribution < 1.29 is 13.2 Å². The standard InChI is InChI=1S/C13H11BrF3NS/c14-12-6-5-11(19-12)7-8-18-10-3-1-9(2-4-10)13(15,16)17/h1-6,18H,7-8H2. The van der Waals surface area contributed by atoms with Gasteiger partial charge in [-0.05, 0) is 58.7 Å². The average molecular weight is 350 g/mol. The van der Waals surface area contributed by atoms with E-state index >= 15 is 0 Å². The minimum atomic E-state index is -4.28. The molecule has 0 saturated heterocycles. The van der Waals surface area contributed by atoms with Gasteiger partial charge < -0.3 is 5.32 Å². The zero-order valence-electron chi connectivity index (χ0n) is 9.80. The first kappa shape index (κ1) is 14.4. The topological polar surface area (TPSA) is 12.0 Å². The predicted octanol–water partition coefficient (Wildman–Crippen LogP) is 5.18. The van der Waals surface area contributed by atoms with Gasteiger partial charge in [-0.2, -0.15) is 13.2 Å². The van der Waals surface area contributed by atoms with Crippen molar-refractivity contribution in [3.8, 4) is 0 Å². The number of alkyl halides is 3. The summed E-state index contributed by atoms with van der Waals surface area (Å²) in [5.41, 5.74) is 0.0730. The Hall–Kier alpha value is -1.01. The van der Waals surface area contributed by atoms with Gasteiger partial charge in [-0.3, -0.25) is 0 Å². The van der Waals surface area contributed by atoms with Crippen LogP contribution < -0.4 is 5.32 Å². The minimum absolute atomic E-state index is 0.625. The highest BCUT2D eigenvalue weighted by Crippen LogP contribution is 2.29. The molecule has 19 heavy (non-hydrogen) atoms. The molecule has 1 heterocycles. The van der Waals surface area contributed by atoms with Crippen molar-refractivity contribution in [2.45, 2.75) is 12.6 Å². The van der Waals surface area contributed by atoms with E-state index in [0.717, 1.165) is 22.3 Å². The van der Waals surface area contributed by atoms with E-state index < -0.39 is 11.7 Å². The summed E-state index contributed by atoms with van der Waals surface area (Å²) in [4.78, 5) is 1.23. The van der Waals surface area contributed by atoms with Gasteiger partial charge in [0, 0.05) is 17.1 Å². The molecule has 0 atom stereocenters. The van der Waals surface area contributed by atoms with E-state index in [1.807, 2.05) is 12.1 Å². The highest BCUT2D eigenvalue weighted by atomic mass is 79.9. The van der Waals surface area contributed by atoms with Crippen LogP contribution in [0.3, 0.4) is 0 Å². The van der Waals surface area contributed by atoms with Gasteiger partial charge >= 0.3 is 6.18 Å². The summed E-state index contributed by atoms with van der Waals surface area (Å²) < 4.78 is 38.2. The van der Waals surface area contributed by atoms with Gasteiger partial charge in [0.25, 0.3) is 0 Å². The highest BCUT2D eigenvalue weighted by Gasteiger charge is 2.29. The molecule has 0 amide bonds. The van der Waals surface area contributed by atoms with Gasteiger partial charge in [0.05, 0.1) is 9.35 Å². The van der Waals surface area contributed by atoms with E-state index in [1.165, 1.54) is 17.0 Å². The lowest BCUT2D eigenvalue weighted by Gasteiger charge is -2.09. The molecule has 0 aliphatic heterocycles. The van der Waals surface area contributed by atoms with Crippen LogP contribution in [0.5, 0.6) is 0 Å². The van der Waals surface area contributed by atoms with E-state index in [2.05, 4.69) is 21.2 Å². The third-order valence-electron chi connectivity index (χ3n) is 2.54. The molecule has 1 aromatic heterocycles. The summed E-state index contributed by atoms with van der Waals surface area (Å²) in [7, 11) is 0.